The minimum absolute atomic E-state index is 0.176. The highest BCUT2D eigenvalue weighted by Crippen LogP contribution is 2.39. The van der Waals surface area contributed by atoms with Crippen LogP contribution < -0.4 is 0 Å². The lowest BCUT2D eigenvalue weighted by atomic mass is 9.75. The predicted octanol–water partition coefficient (Wildman–Crippen LogP) is 3.55. The first kappa shape index (κ1) is 17.2. The number of hydrogen-bond donors (Lipinski definition) is 1. The van der Waals surface area contributed by atoms with Crippen molar-refractivity contribution >= 4 is 5.97 Å². The maximum absolute atomic E-state index is 9.60. The molecule has 0 atom stereocenters. The summed E-state index contributed by atoms with van der Waals surface area (Å²) in [4.78, 5) is 12.1. The number of hydrogen-bond acceptors (Lipinski definition) is 2. The summed E-state index contributed by atoms with van der Waals surface area (Å²) in [6.07, 6.45) is 2.65. The van der Waals surface area contributed by atoms with Gasteiger partial charge in [0.15, 0.2) is 0 Å². The van der Waals surface area contributed by atoms with E-state index in [-0.39, 0.29) is 5.57 Å². The Labute approximate surface area is 112 Å². The Bertz CT molecular complexity index is 288. The van der Waals surface area contributed by atoms with Crippen LogP contribution in [-0.2, 0) is 4.79 Å². The second-order valence-corrected chi connectivity index (χ2v) is 6.78. The summed E-state index contributed by atoms with van der Waals surface area (Å²) in [6, 6.07) is 0. The zero-order valence-corrected chi connectivity index (χ0v) is 13.0. The molecule has 0 aromatic rings. The molecule has 0 radical (unpaired) electrons. The van der Waals surface area contributed by atoms with E-state index >= 15 is 0 Å². The minimum atomic E-state index is -0.935. The Morgan fingerprint density at radius 2 is 1.50 bits per heavy atom. The van der Waals surface area contributed by atoms with Crippen LogP contribution in [0.15, 0.2) is 12.2 Å². The fraction of sp³-hybridized carbons (Fsp3) is 0.800. The van der Waals surface area contributed by atoms with Crippen molar-refractivity contribution in [3.8, 4) is 0 Å². The molecule has 18 heavy (non-hydrogen) atoms. The molecule has 0 spiro atoms. The summed E-state index contributed by atoms with van der Waals surface area (Å²) in [5, 5.41) is 7.89. The van der Waals surface area contributed by atoms with Gasteiger partial charge in [-0.1, -0.05) is 13.5 Å². The van der Waals surface area contributed by atoms with Crippen LogP contribution in [0.3, 0.4) is 0 Å². The van der Waals surface area contributed by atoms with Gasteiger partial charge in [0.05, 0.1) is 0 Å². The molecule has 0 aromatic heterocycles. The third-order valence-electron chi connectivity index (χ3n) is 3.88. The number of carbonyl (C=O) groups is 1. The van der Waals surface area contributed by atoms with Gasteiger partial charge >= 0.3 is 5.97 Å². The maximum atomic E-state index is 9.60. The topological polar surface area (TPSA) is 40.5 Å². The van der Waals surface area contributed by atoms with E-state index in [1.165, 1.54) is 19.8 Å². The standard InChI is InChI=1S/C11H23N.C4H6O2/c1-9-7-10(2,3)12(6)11(4,5)8-9;1-3(2)4(5)6/h9H,7-8H2,1-6H3;1H2,2H3,(H,5,6). The first-order valence-electron chi connectivity index (χ1n) is 6.53. The van der Waals surface area contributed by atoms with E-state index in [2.05, 4.69) is 53.1 Å². The van der Waals surface area contributed by atoms with E-state index in [4.69, 9.17) is 5.11 Å². The van der Waals surface area contributed by atoms with E-state index in [1.807, 2.05) is 0 Å². The molecule has 0 amide bonds. The Morgan fingerprint density at radius 1 is 1.22 bits per heavy atom. The van der Waals surface area contributed by atoms with E-state index in [1.54, 1.807) is 0 Å². The Balaban J connectivity index is 0.000000411. The Hall–Kier alpha value is -0.830. The van der Waals surface area contributed by atoms with Gasteiger partial charge in [0, 0.05) is 16.7 Å². The molecule has 3 heteroatoms. The largest absolute Gasteiger partial charge is 0.478 e. The van der Waals surface area contributed by atoms with Crippen LogP contribution in [0.4, 0.5) is 0 Å². The lowest BCUT2D eigenvalue weighted by molar-refractivity contribution is -0.132. The van der Waals surface area contributed by atoms with Gasteiger partial charge in [-0.15, -0.1) is 0 Å². The molecular weight excluding hydrogens is 226 g/mol. The average Bonchev–Trinajstić information content (AvgIpc) is 2.13. The van der Waals surface area contributed by atoms with E-state index in [0.29, 0.717) is 11.1 Å². The zero-order valence-electron chi connectivity index (χ0n) is 13.0. The van der Waals surface area contributed by atoms with Gasteiger partial charge in [0.1, 0.15) is 0 Å². The molecule has 1 aliphatic heterocycles. The third kappa shape index (κ3) is 4.81. The van der Waals surface area contributed by atoms with Gasteiger partial charge in [-0.3, -0.25) is 4.90 Å². The highest BCUT2D eigenvalue weighted by molar-refractivity contribution is 5.84. The summed E-state index contributed by atoms with van der Waals surface area (Å²) in [5.41, 5.74) is 0.928. The molecule has 3 nitrogen and oxygen atoms in total. The first-order valence-corrected chi connectivity index (χ1v) is 6.53. The fourth-order valence-corrected chi connectivity index (χ4v) is 2.87. The summed E-state index contributed by atoms with van der Waals surface area (Å²) in [5.74, 6) is -0.0683. The number of carboxylic acid groups (broad SMARTS) is 1. The van der Waals surface area contributed by atoms with Crippen LogP contribution in [-0.4, -0.2) is 34.1 Å². The molecule has 106 valence electrons. The van der Waals surface area contributed by atoms with Crippen LogP contribution in [0, 0.1) is 5.92 Å². The van der Waals surface area contributed by atoms with E-state index < -0.39 is 5.97 Å². The number of likely N-dealkylation sites (tertiary alicyclic amines) is 1. The highest BCUT2D eigenvalue weighted by atomic mass is 16.4. The van der Waals surface area contributed by atoms with Crippen LogP contribution in [0.5, 0.6) is 0 Å². The van der Waals surface area contributed by atoms with E-state index in [9.17, 15) is 4.79 Å². The molecule has 1 N–H and O–H groups in total. The van der Waals surface area contributed by atoms with Crippen molar-refractivity contribution < 1.29 is 9.90 Å². The zero-order chi connectivity index (χ0) is 14.7. The monoisotopic (exact) mass is 255 g/mol. The van der Waals surface area contributed by atoms with Gasteiger partial charge in [-0.25, -0.2) is 4.79 Å². The van der Waals surface area contributed by atoms with Gasteiger partial charge in [0.2, 0.25) is 0 Å². The van der Waals surface area contributed by atoms with Crippen molar-refractivity contribution in [2.24, 2.45) is 5.92 Å². The minimum Gasteiger partial charge on any atom is -0.478 e. The molecule has 1 heterocycles. The van der Waals surface area contributed by atoms with E-state index in [0.717, 1.165) is 5.92 Å². The van der Waals surface area contributed by atoms with Gasteiger partial charge < -0.3 is 5.11 Å². The molecular formula is C15H29NO2. The number of rotatable bonds is 1. The third-order valence-corrected chi connectivity index (χ3v) is 3.88. The molecule has 0 aliphatic carbocycles. The molecule has 0 saturated carbocycles. The van der Waals surface area contributed by atoms with Crippen molar-refractivity contribution in [2.75, 3.05) is 7.05 Å². The fourth-order valence-electron chi connectivity index (χ4n) is 2.87. The van der Waals surface area contributed by atoms with Crippen LogP contribution in [0.1, 0.15) is 54.4 Å². The number of piperidine rings is 1. The molecule has 0 unspecified atom stereocenters. The number of nitrogens with zero attached hydrogens (tertiary/aromatic N) is 1. The summed E-state index contributed by atoms with van der Waals surface area (Å²) in [7, 11) is 2.26. The molecule has 1 rings (SSSR count). The normalized spacial score (nSPS) is 22.8. The lowest BCUT2D eigenvalue weighted by Crippen LogP contribution is -2.58. The molecule has 1 aliphatic rings. The van der Waals surface area contributed by atoms with Gasteiger partial charge in [-0.2, -0.15) is 0 Å². The van der Waals surface area contributed by atoms with Crippen LogP contribution in [0.25, 0.3) is 0 Å². The summed E-state index contributed by atoms with van der Waals surface area (Å²) >= 11 is 0. The first-order chi connectivity index (χ1) is 7.90. The average molecular weight is 255 g/mol. The van der Waals surface area contributed by atoms with Crippen LogP contribution in [0.2, 0.25) is 0 Å². The number of aliphatic carboxylic acids is 1. The smallest absolute Gasteiger partial charge is 0.330 e. The highest BCUT2D eigenvalue weighted by Gasteiger charge is 2.41. The second-order valence-electron chi connectivity index (χ2n) is 6.78. The predicted molar refractivity (Wildman–Crippen MR) is 76.8 cm³/mol. The van der Waals surface area contributed by atoms with Crippen molar-refractivity contribution in [3.05, 3.63) is 12.2 Å². The summed E-state index contributed by atoms with van der Waals surface area (Å²) in [6.45, 7) is 16.4. The maximum Gasteiger partial charge on any atom is 0.330 e. The summed E-state index contributed by atoms with van der Waals surface area (Å²) < 4.78 is 0. The Kier molecular flexibility index (Phi) is 5.60. The molecule has 1 saturated heterocycles. The Morgan fingerprint density at radius 3 is 1.72 bits per heavy atom. The molecule has 0 aromatic carbocycles. The molecule has 1 fully saturated rings. The van der Waals surface area contributed by atoms with Crippen molar-refractivity contribution in [1.29, 1.82) is 0 Å². The SMILES string of the molecule is C=C(C)C(=O)O.CC1CC(C)(C)N(C)C(C)(C)C1. The van der Waals surface area contributed by atoms with Crippen molar-refractivity contribution in [1.82, 2.24) is 4.90 Å². The van der Waals surface area contributed by atoms with Gasteiger partial charge in [-0.05, 0) is 60.4 Å². The quantitative estimate of drug-likeness (QED) is 0.728. The number of carboxylic acids is 1. The lowest BCUT2D eigenvalue weighted by Gasteiger charge is -2.53. The second kappa shape index (κ2) is 5.87. The van der Waals surface area contributed by atoms with Gasteiger partial charge in [0.25, 0.3) is 0 Å². The van der Waals surface area contributed by atoms with Crippen LogP contribution >= 0.6 is 0 Å². The van der Waals surface area contributed by atoms with Crippen molar-refractivity contribution in [2.45, 2.75) is 65.5 Å². The van der Waals surface area contributed by atoms with Crippen molar-refractivity contribution in [3.63, 3.8) is 0 Å². The molecule has 0 bridgehead atoms.